The van der Waals surface area contributed by atoms with Crippen LogP contribution in [0.3, 0.4) is 0 Å². The van der Waals surface area contributed by atoms with Gasteiger partial charge in [-0.05, 0) is 0 Å². The lowest BCUT2D eigenvalue weighted by molar-refractivity contribution is -0.139. The summed E-state index contributed by atoms with van der Waals surface area (Å²) in [6, 6.07) is 1.60. The Morgan fingerprint density at radius 3 is 1.82 bits per heavy atom. The van der Waals surface area contributed by atoms with Crippen molar-refractivity contribution in [3.05, 3.63) is 0 Å². The van der Waals surface area contributed by atoms with Crippen LogP contribution in [0.15, 0.2) is 0 Å². The second-order valence-corrected chi connectivity index (χ2v) is 2.02. The minimum absolute atomic E-state index is 0.414. The summed E-state index contributed by atoms with van der Waals surface area (Å²) in [5, 5.41) is 24.6. The highest BCUT2D eigenvalue weighted by Gasteiger charge is 2.15. The highest BCUT2D eigenvalue weighted by atomic mass is 16.4. The zero-order chi connectivity index (χ0) is 8.85. The Labute approximate surface area is 62.9 Å². The summed E-state index contributed by atoms with van der Waals surface area (Å²) < 4.78 is 0. The van der Waals surface area contributed by atoms with E-state index in [1.807, 2.05) is 0 Å². The highest BCUT2D eigenvalue weighted by Crippen LogP contribution is 2.06. The van der Waals surface area contributed by atoms with E-state index >= 15 is 0 Å². The van der Waals surface area contributed by atoms with Crippen LogP contribution in [-0.4, -0.2) is 22.2 Å². The van der Waals surface area contributed by atoms with E-state index in [0.717, 1.165) is 0 Å². The van der Waals surface area contributed by atoms with Crippen LogP contribution >= 0.6 is 0 Å². The highest BCUT2D eigenvalue weighted by molar-refractivity contribution is 5.71. The standard InChI is InChI=1S/C6H7NO4/c7-3-4(1-5(8)9)2-6(10)11/h4H,1-2H2,(H,8,9)(H,10,11). The summed E-state index contributed by atoms with van der Waals surface area (Å²) in [7, 11) is 0. The second kappa shape index (κ2) is 4.28. The van der Waals surface area contributed by atoms with Gasteiger partial charge in [0.05, 0.1) is 24.8 Å². The van der Waals surface area contributed by atoms with Crippen LogP contribution in [0, 0.1) is 17.2 Å². The van der Waals surface area contributed by atoms with E-state index < -0.39 is 30.7 Å². The third-order valence-electron chi connectivity index (χ3n) is 1.02. The molecule has 0 aliphatic carbocycles. The Morgan fingerprint density at radius 2 is 1.64 bits per heavy atom. The molecule has 0 amide bonds. The molecule has 0 atom stereocenters. The molecule has 5 nitrogen and oxygen atoms in total. The number of hydrogen-bond acceptors (Lipinski definition) is 3. The lowest BCUT2D eigenvalue weighted by Gasteiger charge is -1.99. The Morgan fingerprint density at radius 1 is 1.27 bits per heavy atom. The van der Waals surface area contributed by atoms with Crippen molar-refractivity contribution in [2.24, 2.45) is 5.92 Å². The van der Waals surface area contributed by atoms with E-state index in [1.54, 1.807) is 6.07 Å². The predicted molar refractivity (Wildman–Crippen MR) is 33.6 cm³/mol. The first-order valence-corrected chi connectivity index (χ1v) is 2.89. The fourth-order valence-electron chi connectivity index (χ4n) is 0.585. The molecule has 5 heteroatoms. The maximum Gasteiger partial charge on any atom is 0.304 e. The van der Waals surface area contributed by atoms with E-state index in [0.29, 0.717) is 0 Å². The molecule has 0 heterocycles. The summed E-state index contributed by atoms with van der Waals surface area (Å²) in [5.41, 5.74) is 0. The number of carbonyl (C=O) groups is 2. The van der Waals surface area contributed by atoms with Gasteiger partial charge in [0.2, 0.25) is 0 Å². The molecule has 0 fully saturated rings. The SMILES string of the molecule is N#CC(CC(=O)O)CC(=O)O. The first-order chi connectivity index (χ1) is 5.06. The van der Waals surface area contributed by atoms with E-state index in [-0.39, 0.29) is 0 Å². The summed E-state index contributed by atoms with van der Waals surface area (Å²) in [6.07, 6.45) is -0.828. The van der Waals surface area contributed by atoms with Crippen LogP contribution in [0.4, 0.5) is 0 Å². The smallest absolute Gasteiger partial charge is 0.304 e. The average Bonchev–Trinajstić information content (AvgIpc) is 1.84. The molecule has 0 saturated heterocycles. The number of nitrogens with zero attached hydrogens (tertiary/aromatic N) is 1. The topological polar surface area (TPSA) is 98.4 Å². The van der Waals surface area contributed by atoms with Crippen LogP contribution in [0.25, 0.3) is 0 Å². The zero-order valence-electron chi connectivity index (χ0n) is 5.65. The molecule has 0 aromatic carbocycles. The van der Waals surface area contributed by atoms with Gasteiger partial charge >= 0.3 is 11.9 Å². The quantitative estimate of drug-likeness (QED) is 0.601. The Bertz CT molecular complexity index is 189. The zero-order valence-corrected chi connectivity index (χ0v) is 5.65. The van der Waals surface area contributed by atoms with Crippen LogP contribution in [-0.2, 0) is 9.59 Å². The number of carboxylic acid groups (broad SMARTS) is 2. The minimum atomic E-state index is -1.15. The molecule has 0 saturated carbocycles. The van der Waals surface area contributed by atoms with Crippen LogP contribution in [0.1, 0.15) is 12.8 Å². The number of rotatable bonds is 4. The van der Waals surface area contributed by atoms with Crippen LogP contribution < -0.4 is 0 Å². The van der Waals surface area contributed by atoms with Gasteiger partial charge < -0.3 is 10.2 Å². The second-order valence-electron chi connectivity index (χ2n) is 2.02. The normalized spacial score (nSPS) is 9.09. The molecule has 0 aromatic rings. The van der Waals surface area contributed by atoms with Gasteiger partial charge in [0, 0.05) is 0 Å². The molecule has 60 valence electrons. The van der Waals surface area contributed by atoms with Gasteiger partial charge in [0.1, 0.15) is 0 Å². The molecule has 0 radical (unpaired) electrons. The fraction of sp³-hybridized carbons (Fsp3) is 0.500. The van der Waals surface area contributed by atoms with Gasteiger partial charge in [-0.15, -0.1) is 0 Å². The maximum atomic E-state index is 10.0. The molecule has 11 heavy (non-hydrogen) atoms. The van der Waals surface area contributed by atoms with Gasteiger partial charge in [-0.1, -0.05) is 0 Å². The van der Waals surface area contributed by atoms with E-state index in [4.69, 9.17) is 15.5 Å². The summed E-state index contributed by atoms with van der Waals surface area (Å²) >= 11 is 0. The summed E-state index contributed by atoms with van der Waals surface area (Å²) in [4.78, 5) is 20.0. The monoisotopic (exact) mass is 157 g/mol. The van der Waals surface area contributed by atoms with Crippen molar-refractivity contribution in [3.8, 4) is 6.07 Å². The molecule has 0 aromatic heterocycles. The molecule has 0 spiro atoms. The maximum absolute atomic E-state index is 10.0. The van der Waals surface area contributed by atoms with Crippen molar-refractivity contribution < 1.29 is 19.8 Å². The third-order valence-corrected chi connectivity index (χ3v) is 1.02. The third kappa shape index (κ3) is 4.90. The molecule has 0 rings (SSSR count). The minimum Gasteiger partial charge on any atom is -0.481 e. The van der Waals surface area contributed by atoms with Crippen molar-refractivity contribution in [3.63, 3.8) is 0 Å². The molecule has 2 N–H and O–H groups in total. The van der Waals surface area contributed by atoms with Crippen molar-refractivity contribution in [1.29, 1.82) is 5.26 Å². The van der Waals surface area contributed by atoms with Crippen molar-refractivity contribution in [2.75, 3.05) is 0 Å². The van der Waals surface area contributed by atoms with E-state index in [1.165, 1.54) is 0 Å². The van der Waals surface area contributed by atoms with Crippen molar-refractivity contribution in [2.45, 2.75) is 12.8 Å². The Balaban J connectivity index is 3.89. The largest absolute Gasteiger partial charge is 0.481 e. The molecular formula is C6H7NO4. The predicted octanol–water partition coefficient (Wildman–Crippen LogP) is 0.0756. The molecule has 0 aliphatic heterocycles. The first-order valence-electron chi connectivity index (χ1n) is 2.89. The lowest BCUT2D eigenvalue weighted by Crippen LogP contribution is -2.10. The Kier molecular flexibility index (Phi) is 3.67. The average molecular weight is 157 g/mol. The van der Waals surface area contributed by atoms with Gasteiger partial charge in [-0.2, -0.15) is 5.26 Å². The van der Waals surface area contributed by atoms with Gasteiger partial charge in [0.25, 0.3) is 0 Å². The molecule has 0 unspecified atom stereocenters. The van der Waals surface area contributed by atoms with E-state index in [2.05, 4.69) is 0 Å². The summed E-state index contributed by atoms with van der Waals surface area (Å²) in [6.45, 7) is 0. The summed E-state index contributed by atoms with van der Waals surface area (Å²) in [5.74, 6) is -3.24. The van der Waals surface area contributed by atoms with Crippen LogP contribution in [0.5, 0.6) is 0 Å². The van der Waals surface area contributed by atoms with Gasteiger partial charge in [-0.25, -0.2) is 0 Å². The van der Waals surface area contributed by atoms with Gasteiger partial charge in [-0.3, -0.25) is 9.59 Å². The van der Waals surface area contributed by atoms with Crippen LogP contribution in [0.2, 0.25) is 0 Å². The molecule has 0 bridgehead atoms. The van der Waals surface area contributed by atoms with E-state index in [9.17, 15) is 9.59 Å². The van der Waals surface area contributed by atoms with Crippen molar-refractivity contribution >= 4 is 11.9 Å². The lowest BCUT2D eigenvalue weighted by atomic mass is 10.0. The number of hydrogen-bond donors (Lipinski definition) is 2. The van der Waals surface area contributed by atoms with Crippen molar-refractivity contribution in [1.82, 2.24) is 0 Å². The Hall–Kier alpha value is -1.57. The molecule has 0 aliphatic rings. The fourth-order valence-corrected chi connectivity index (χ4v) is 0.585. The number of nitriles is 1. The van der Waals surface area contributed by atoms with Gasteiger partial charge in [0.15, 0.2) is 0 Å². The number of aliphatic carboxylic acids is 2. The number of carboxylic acids is 2. The first kappa shape index (κ1) is 9.43. The molecular weight excluding hydrogens is 150 g/mol.